The number of phenolic OH excluding ortho intramolecular Hbond substituents is 1. The first-order valence-electron chi connectivity index (χ1n) is 5.77. The molecule has 2 N–H and O–H groups in total. The molecule has 3 rings (SSSR count). The first kappa shape index (κ1) is 11.4. The van der Waals surface area contributed by atoms with Crippen LogP contribution in [0.4, 0.5) is 0 Å². The van der Waals surface area contributed by atoms with Crippen LogP contribution in [-0.2, 0) is 5.54 Å². The van der Waals surface area contributed by atoms with Crippen molar-refractivity contribution >= 4 is 11.9 Å². The van der Waals surface area contributed by atoms with Gasteiger partial charge in [0.15, 0.2) is 0 Å². The van der Waals surface area contributed by atoms with E-state index in [0.717, 1.165) is 5.56 Å². The predicted molar refractivity (Wildman–Crippen MR) is 75.2 cm³/mol. The maximum atomic E-state index is 9.41. The summed E-state index contributed by atoms with van der Waals surface area (Å²) in [6.45, 7) is 0. The summed E-state index contributed by atoms with van der Waals surface area (Å²) in [7, 11) is 0. The van der Waals surface area contributed by atoms with E-state index < -0.39 is 0 Å². The zero-order valence-corrected chi connectivity index (χ0v) is 10.5. The van der Waals surface area contributed by atoms with Gasteiger partial charge in [-0.1, -0.05) is 54.4 Å². The van der Waals surface area contributed by atoms with Gasteiger partial charge in [-0.15, -0.1) is 0 Å². The Kier molecular flexibility index (Phi) is 2.86. The standard InChI is InChI=1S/C15H13NOS/c17-14-8-6-13(7-9-14)15(10-11-18-16-15)12-4-2-1-3-5-12/h1-11,16-17H. The van der Waals surface area contributed by atoms with E-state index in [-0.39, 0.29) is 11.3 Å². The van der Waals surface area contributed by atoms with Crippen LogP contribution in [0.2, 0.25) is 0 Å². The normalized spacial score (nSPS) is 22.2. The van der Waals surface area contributed by atoms with E-state index in [2.05, 4.69) is 28.3 Å². The largest absolute Gasteiger partial charge is 0.508 e. The Morgan fingerprint density at radius 3 is 2.17 bits per heavy atom. The van der Waals surface area contributed by atoms with Crippen LogP contribution in [0.5, 0.6) is 5.75 Å². The lowest BCUT2D eigenvalue weighted by molar-refractivity contribution is 0.474. The molecule has 0 fully saturated rings. The Hall–Kier alpha value is -1.71. The van der Waals surface area contributed by atoms with Crippen molar-refractivity contribution in [3.63, 3.8) is 0 Å². The van der Waals surface area contributed by atoms with Gasteiger partial charge < -0.3 is 5.11 Å². The summed E-state index contributed by atoms with van der Waals surface area (Å²) in [5, 5.41) is 11.5. The molecule has 2 nitrogen and oxygen atoms in total. The molecule has 1 atom stereocenters. The predicted octanol–water partition coefficient (Wildman–Crippen LogP) is 3.40. The monoisotopic (exact) mass is 255 g/mol. The molecule has 2 aromatic rings. The molecule has 0 aromatic heterocycles. The zero-order chi connectivity index (χ0) is 12.4. The molecule has 0 bridgehead atoms. The molecule has 1 aliphatic heterocycles. The van der Waals surface area contributed by atoms with Gasteiger partial charge in [-0.3, -0.25) is 0 Å². The van der Waals surface area contributed by atoms with Gasteiger partial charge in [0.2, 0.25) is 0 Å². The maximum absolute atomic E-state index is 9.41. The lowest BCUT2D eigenvalue weighted by Gasteiger charge is -2.28. The number of aromatic hydroxyl groups is 1. The Morgan fingerprint density at radius 2 is 1.56 bits per heavy atom. The van der Waals surface area contributed by atoms with Crippen LogP contribution < -0.4 is 4.72 Å². The molecule has 0 amide bonds. The van der Waals surface area contributed by atoms with E-state index in [1.165, 1.54) is 5.56 Å². The molecule has 18 heavy (non-hydrogen) atoms. The topological polar surface area (TPSA) is 32.3 Å². The van der Waals surface area contributed by atoms with Crippen molar-refractivity contribution in [1.29, 1.82) is 0 Å². The summed E-state index contributed by atoms with van der Waals surface area (Å²) >= 11 is 1.58. The molecule has 0 spiro atoms. The van der Waals surface area contributed by atoms with Crippen LogP contribution >= 0.6 is 11.9 Å². The number of nitrogens with one attached hydrogen (secondary N) is 1. The molecular weight excluding hydrogens is 242 g/mol. The number of phenols is 1. The second-order valence-corrected chi connectivity index (χ2v) is 4.96. The average Bonchev–Trinajstić information content (AvgIpc) is 2.91. The molecule has 90 valence electrons. The van der Waals surface area contributed by atoms with Crippen LogP contribution in [0.25, 0.3) is 0 Å². The molecule has 3 heteroatoms. The van der Waals surface area contributed by atoms with Crippen LogP contribution in [0.1, 0.15) is 11.1 Å². The van der Waals surface area contributed by atoms with E-state index in [4.69, 9.17) is 0 Å². The Labute approximate surface area is 110 Å². The number of hydrogen-bond acceptors (Lipinski definition) is 3. The maximum Gasteiger partial charge on any atom is 0.115 e. The Bertz CT molecular complexity index is 565. The van der Waals surface area contributed by atoms with Gasteiger partial charge in [0.05, 0.1) is 5.54 Å². The van der Waals surface area contributed by atoms with Gasteiger partial charge in [-0.05, 0) is 34.7 Å². The SMILES string of the molecule is Oc1ccc(C2(c3ccccc3)C=CSN2)cc1. The molecule has 1 unspecified atom stereocenters. The van der Waals surface area contributed by atoms with E-state index >= 15 is 0 Å². The van der Waals surface area contributed by atoms with E-state index in [1.807, 2.05) is 30.3 Å². The third-order valence-electron chi connectivity index (χ3n) is 3.16. The fraction of sp³-hybridized carbons (Fsp3) is 0.0667. The van der Waals surface area contributed by atoms with Crippen LogP contribution in [0.15, 0.2) is 66.1 Å². The molecule has 0 saturated carbocycles. The third kappa shape index (κ3) is 1.82. The summed E-state index contributed by atoms with van der Waals surface area (Å²) in [6, 6.07) is 17.6. The van der Waals surface area contributed by atoms with Crippen molar-refractivity contribution in [2.24, 2.45) is 0 Å². The molecule has 1 aliphatic rings. The minimum atomic E-state index is -0.306. The van der Waals surface area contributed by atoms with Crippen molar-refractivity contribution in [3.8, 4) is 5.75 Å². The number of rotatable bonds is 2. The third-order valence-corrected chi connectivity index (χ3v) is 3.87. The highest BCUT2D eigenvalue weighted by atomic mass is 32.2. The number of benzene rings is 2. The highest BCUT2D eigenvalue weighted by Crippen LogP contribution is 2.38. The van der Waals surface area contributed by atoms with Gasteiger partial charge in [0, 0.05) is 0 Å². The number of hydrogen-bond donors (Lipinski definition) is 2. The van der Waals surface area contributed by atoms with Crippen molar-refractivity contribution < 1.29 is 5.11 Å². The average molecular weight is 255 g/mol. The van der Waals surface area contributed by atoms with E-state index in [0.29, 0.717) is 0 Å². The van der Waals surface area contributed by atoms with Gasteiger partial charge in [0.25, 0.3) is 0 Å². The molecule has 0 aliphatic carbocycles. The summed E-state index contributed by atoms with van der Waals surface area (Å²) in [4.78, 5) is 0. The Morgan fingerprint density at radius 1 is 0.889 bits per heavy atom. The summed E-state index contributed by atoms with van der Waals surface area (Å²) < 4.78 is 3.45. The minimum absolute atomic E-state index is 0.289. The molecule has 0 saturated heterocycles. The van der Waals surface area contributed by atoms with Gasteiger partial charge in [0.1, 0.15) is 5.75 Å². The van der Waals surface area contributed by atoms with E-state index in [9.17, 15) is 5.11 Å². The summed E-state index contributed by atoms with van der Waals surface area (Å²) in [5.74, 6) is 0.289. The van der Waals surface area contributed by atoms with Crippen molar-refractivity contribution in [3.05, 3.63) is 77.2 Å². The van der Waals surface area contributed by atoms with E-state index in [1.54, 1.807) is 24.1 Å². The second kappa shape index (κ2) is 4.52. The molecule has 1 heterocycles. The minimum Gasteiger partial charge on any atom is -0.508 e. The van der Waals surface area contributed by atoms with Crippen molar-refractivity contribution in [2.45, 2.75) is 5.54 Å². The highest BCUT2D eigenvalue weighted by molar-refractivity contribution is 8.00. The van der Waals surface area contributed by atoms with Crippen LogP contribution in [0, 0.1) is 0 Å². The Balaban J connectivity index is 2.13. The van der Waals surface area contributed by atoms with Crippen LogP contribution in [-0.4, -0.2) is 5.11 Å². The summed E-state index contributed by atoms with van der Waals surface area (Å²) in [5.41, 5.74) is 2.00. The van der Waals surface area contributed by atoms with Gasteiger partial charge in [-0.2, -0.15) is 0 Å². The first-order chi connectivity index (χ1) is 8.81. The molecule has 0 radical (unpaired) electrons. The first-order valence-corrected chi connectivity index (χ1v) is 6.65. The fourth-order valence-electron chi connectivity index (χ4n) is 2.20. The lowest BCUT2D eigenvalue weighted by atomic mass is 9.84. The van der Waals surface area contributed by atoms with Crippen molar-refractivity contribution in [1.82, 2.24) is 4.72 Å². The fourth-order valence-corrected chi connectivity index (χ4v) is 3.03. The van der Waals surface area contributed by atoms with Crippen molar-refractivity contribution in [2.75, 3.05) is 0 Å². The van der Waals surface area contributed by atoms with Gasteiger partial charge in [-0.25, -0.2) is 4.72 Å². The zero-order valence-electron chi connectivity index (χ0n) is 9.71. The lowest BCUT2D eigenvalue weighted by Crippen LogP contribution is -2.34. The summed E-state index contributed by atoms with van der Waals surface area (Å²) in [6.07, 6.45) is 2.15. The van der Waals surface area contributed by atoms with Gasteiger partial charge >= 0.3 is 0 Å². The second-order valence-electron chi connectivity index (χ2n) is 4.24. The molecular formula is C15H13NOS. The van der Waals surface area contributed by atoms with Crippen LogP contribution in [0.3, 0.4) is 0 Å². The highest BCUT2D eigenvalue weighted by Gasteiger charge is 2.33. The smallest absolute Gasteiger partial charge is 0.115 e. The molecule has 2 aromatic carbocycles. The quantitative estimate of drug-likeness (QED) is 0.807.